The van der Waals surface area contributed by atoms with Gasteiger partial charge in [-0.15, -0.1) is 0 Å². The molecule has 0 aliphatic carbocycles. The summed E-state index contributed by atoms with van der Waals surface area (Å²) in [5, 5.41) is 3.90. The number of rotatable bonds is 4. The summed E-state index contributed by atoms with van der Waals surface area (Å²) < 4.78 is 52.6. The SMILES string of the molecule is Cn1cc(S(=O)(=O)N2CCN(C(=O)C3CCN(S(C)(=O)=O)CC3)CC2)cn1. The highest BCUT2D eigenvalue weighted by Gasteiger charge is 2.35. The molecule has 0 atom stereocenters. The van der Waals surface area contributed by atoms with E-state index in [0.29, 0.717) is 39.0 Å². The first-order valence-electron chi connectivity index (χ1n) is 8.82. The summed E-state index contributed by atoms with van der Waals surface area (Å²) in [7, 11) is -5.16. The maximum atomic E-state index is 12.7. The van der Waals surface area contributed by atoms with Crippen molar-refractivity contribution in [1.29, 1.82) is 0 Å². The van der Waals surface area contributed by atoms with E-state index in [-0.39, 0.29) is 29.8 Å². The maximum Gasteiger partial charge on any atom is 0.246 e. The predicted octanol–water partition coefficient (Wildman–Crippen LogP) is -1.08. The summed E-state index contributed by atoms with van der Waals surface area (Å²) in [6.45, 7) is 1.86. The van der Waals surface area contributed by atoms with Crippen LogP contribution in [-0.4, -0.2) is 91.6 Å². The van der Waals surface area contributed by atoms with Crippen LogP contribution in [0.5, 0.6) is 0 Å². The van der Waals surface area contributed by atoms with Gasteiger partial charge in [-0.1, -0.05) is 0 Å². The van der Waals surface area contributed by atoms with E-state index in [1.165, 1.54) is 31.9 Å². The Morgan fingerprint density at radius 3 is 2.07 bits per heavy atom. The largest absolute Gasteiger partial charge is 0.340 e. The van der Waals surface area contributed by atoms with Gasteiger partial charge < -0.3 is 4.90 Å². The monoisotopic (exact) mass is 419 g/mol. The highest BCUT2D eigenvalue weighted by Crippen LogP contribution is 2.23. The van der Waals surface area contributed by atoms with Crippen LogP contribution in [0, 0.1) is 5.92 Å². The molecule has 3 rings (SSSR count). The molecular weight excluding hydrogens is 394 g/mol. The van der Waals surface area contributed by atoms with Crippen molar-refractivity contribution in [3.8, 4) is 0 Å². The lowest BCUT2D eigenvalue weighted by atomic mass is 9.96. The number of aromatic nitrogens is 2. The lowest BCUT2D eigenvalue weighted by Crippen LogP contribution is -2.53. The van der Waals surface area contributed by atoms with Gasteiger partial charge in [0.15, 0.2) is 0 Å². The average molecular weight is 420 g/mol. The molecule has 0 radical (unpaired) electrons. The molecule has 2 saturated heterocycles. The molecule has 0 saturated carbocycles. The van der Waals surface area contributed by atoms with Crippen LogP contribution < -0.4 is 0 Å². The highest BCUT2D eigenvalue weighted by atomic mass is 32.2. The molecule has 3 heterocycles. The van der Waals surface area contributed by atoms with Crippen molar-refractivity contribution >= 4 is 26.0 Å². The van der Waals surface area contributed by atoms with E-state index in [1.54, 1.807) is 11.9 Å². The van der Waals surface area contributed by atoms with Gasteiger partial charge in [-0.05, 0) is 12.8 Å². The minimum Gasteiger partial charge on any atom is -0.340 e. The molecule has 0 bridgehead atoms. The molecular formula is C15H25N5O5S2. The third-order valence-electron chi connectivity index (χ3n) is 5.14. The first kappa shape index (κ1) is 20.2. The summed E-state index contributed by atoms with van der Waals surface area (Å²) in [5.74, 6) is -0.217. The Morgan fingerprint density at radius 2 is 1.59 bits per heavy atom. The molecule has 1 amide bonds. The molecule has 27 heavy (non-hydrogen) atoms. The smallest absolute Gasteiger partial charge is 0.246 e. The van der Waals surface area contributed by atoms with E-state index in [1.807, 2.05) is 0 Å². The molecule has 2 aliphatic heterocycles. The van der Waals surface area contributed by atoms with Crippen molar-refractivity contribution in [3.05, 3.63) is 12.4 Å². The van der Waals surface area contributed by atoms with E-state index >= 15 is 0 Å². The number of hydrogen-bond acceptors (Lipinski definition) is 6. The predicted molar refractivity (Wildman–Crippen MR) is 97.7 cm³/mol. The molecule has 2 aliphatic rings. The summed E-state index contributed by atoms with van der Waals surface area (Å²) >= 11 is 0. The molecule has 2 fully saturated rings. The van der Waals surface area contributed by atoms with E-state index in [4.69, 9.17) is 0 Å². The third kappa shape index (κ3) is 4.33. The topological polar surface area (TPSA) is 113 Å². The molecule has 1 aromatic rings. The summed E-state index contributed by atoms with van der Waals surface area (Å²) in [4.78, 5) is 14.6. The van der Waals surface area contributed by atoms with Crippen molar-refractivity contribution < 1.29 is 21.6 Å². The van der Waals surface area contributed by atoms with Crippen LogP contribution in [0.25, 0.3) is 0 Å². The Hall–Kier alpha value is -1.50. The van der Waals surface area contributed by atoms with Gasteiger partial charge in [0.2, 0.25) is 26.0 Å². The second-order valence-electron chi connectivity index (χ2n) is 7.02. The van der Waals surface area contributed by atoms with Gasteiger partial charge in [0.1, 0.15) is 4.90 Å². The number of sulfonamides is 2. The second-order valence-corrected chi connectivity index (χ2v) is 10.9. The van der Waals surface area contributed by atoms with Crippen LogP contribution in [0.3, 0.4) is 0 Å². The van der Waals surface area contributed by atoms with Gasteiger partial charge in [0.25, 0.3) is 0 Å². The van der Waals surface area contributed by atoms with Gasteiger partial charge in [0, 0.05) is 58.4 Å². The minimum atomic E-state index is -3.60. The highest BCUT2D eigenvalue weighted by molar-refractivity contribution is 7.89. The maximum absolute atomic E-state index is 12.7. The summed E-state index contributed by atoms with van der Waals surface area (Å²) in [5.41, 5.74) is 0. The fourth-order valence-corrected chi connectivity index (χ4v) is 5.80. The fraction of sp³-hybridized carbons (Fsp3) is 0.733. The normalized spacial score (nSPS) is 21.5. The van der Waals surface area contributed by atoms with E-state index in [9.17, 15) is 21.6 Å². The van der Waals surface area contributed by atoms with E-state index in [0.717, 1.165) is 0 Å². The summed E-state index contributed by atoms with van der Waals surface area (Å²) in [6.07, 6.45) is 4.96. The lowest BCUT2D eigenvalue weighted by molar-refractivity contribution is -0.137. The Labute approximate surface area is 159 Å². The fourth-order valence-electron chi connectivity index (χ4n) is 3.52. The average Bonchev–Trinajstić information content (AvgIpc) is 3.08. The number of piperidine rings is 1. The molecule has 12 heteroatoms. The van der Waals surface area contributed by atoms with E-state index < -0.39 is 20.0 Å². The van der Waals surface area contributed by atoms with Crippen LogP contribution in [0.1, 0.15) is 12.8 Å². The number of amides is 1. The van der Waals surface area contributed by atoms with Gasteiger partial charge in [-0.2, -0.15) is 9.40 Å². The zero-order valence-electron chi connectivity index (χ0n) is 15.5. The number of piperazine rings is 1. The van der Waals surface area contributed by atoms with Gasteiger partial charge in [-0.25, -0.2) is 21.1 Å². The van der Waals surface area contributed by atoms with Crippen LogP contribution in [0.4, 0.5) is 0 Å². The van der Waals surface area contributed by atoms with Gasteiger partial charge >= 0.3 is 0 Å². The van der Waals surface area contributed by atoms with Crippen molar-refractivity contribution in [1.82, 2.24) is 23.3 Å². The van der Waals surface area contributed by atoms with Crippen molar-refractivity contribution in [2.45, 2.75) is 17.7 Å². The molecule has 0 aromatic carbocycles. The minimum absolute atomic E-state index is 0.0124. The number of hydrogen-bond donors (Lipinski definition) is 0. The van der Waals surface area contributed by atoms with Crippen LogP contribution in [0.15, 0.2) is 17.3 Å². The van der Waals surface area contributed by atoms with Crippen molar-refractivity contribution in [3.63, 3.8) is 0 Å². The zero-order valence-corrected chi connectivity index (χ0v) is 17.1. The first-order valence-corrected chi connectivity index (χ1v) is 12.1. The first-order chi connectivity index (χ1) is 12.6. The zero-order chi connectivity index (χ0) is 19.8. The Bertz CT molecular complexity index is 895. The van der Waals surface area contributed by atoms with Crippen LogP contribution >= 0.6 is 0 Å². The van der Waals surface area contributed by atoms with Crippen molar-refractivity contribution in [2.75, 3.05) is 45.5 Å². The van der Waals surface area contributed by atoms with Gasteiger partial charge in [0.05, 0.1) is 12.5 Å². The Kier molecular flexibility index (Phi) is 5.62. The number of aryl methyl sites for hydroxylation is 1. The Balaban J connectivity index is 1.56. The van der Waals surface area contributed by atoms with Crippen LogP contribution in [-0.2, 0) is 31.9 Å². The number of nitrogens with zero attached hydrogens (tertiary/aromatic N) is 5. The molecule has 10 nitrogen and oxygen atoms in total. The second kappa shape index (κ2) is 7.49. The number of carbonyl (C=O) groups excluding carboxylic acids is 1. The molecule has 0 unspecified atom stereocenters. The molecule has 0 spiro atoms. The summed E-state index contributed by atoms with van der Waals surface area (Å²) in [6, 6.07) is 0. The number of carbonyl (C=O) groups is 1. The van der Waals surface area contributed by atoms with Gasteiger partial charge in [-0.3, -0.25) is 9.48 Å². The van der Waals surface area contributed by atoms with Crippen molar-refractivity contribution in [2.24, 2.45) is 13.0 Å². The van der Waals surface area contributed by atoms with E-state index in [2.05, 4.69) is 5.10 Å². The molecule has 0 N–H and O–H groups in total. The Morgan fingerprint density at radius 1 is 1.00 bits per heavy atom. The molecule has 152 valence electrons. The third-order valence-corrected chi connectivity index (χ3v) is 8.30. The lowest BCUT2D eigenvalue weighted by Gasteiger charge is -2.37. The van der Waals surface area contributed by atoms with Crippen LogP contribution in [0.2, 0.25) is 0 Å². The quantitative estimate of drug-likeness (QED) is 0.614. The standard InChI is InChI=1S/C15H25N5O5S2/c1-17-12-14(11-16-17)27(24,25)20-9-7-18(8-10-20)15(21)13-3-5-19(6-4-13)26(2,22)23/h11-13H,3-10H2,1-2H3. The molecule has 1 aromatic heterocycles.